The van der Waals surface area contributed by atoms with Crippen LogP contribution in [0, 0.1) is 0 Å². The maximum absolute atomic E-state index is 11.8. The Hall–Kier alpha value is -1.88. The number of hydrogen-bond acceptors (Lipinski definition) is 3. The Kier molecular flexibility index (Phi) is 3.22. The van der Waals surface area contributed by atoms with Crippen LogP contribution in [0.15, 0.2) is 30.6 Å². The Labute approximate surface area is 118 Å². The fraction of sp³-hybridized carbons (Fsp3) is 0.467. The molecule has 1 aliphatic carbocycles. The molecule has 1 aliphatic rings. The Morgan fingerprint density at radius 1 is 1.55 bits per heavy atom. The largest absolute Gasteiger partial charge is 0.368 e. The average molecular weight is 272 g/mol. The lowest BCUT2D eigenvalue weighted by Gasteiger charge is -2.26. The molecule has 0 saturated heterocycles. The Bertz CT molecular complexity index is 636. The summed E-state index contributed by atoms with van der Waals surface area (Å²) in [6, 6.07) is 8.35. The average Bonchev–Trinajstić information content (AvgIpc) is 3.03. The van der Waals surface area contributed by atoms with Crippen LogP contribution in [-0.4, -0.2) is 27.5 Å². The van der Waals surface area contributed by atoms with Gasteiger partial charge in [0.1, 0.15) is 0 Å². The van der Waals surface area contributed by atoms with Crippen LogP contribution in [-0.2, 0) is 4.79 Å². The van der Waals surface area contributed by atoms with E-state index in [0.29, 0.717) is 0 Å². The van der Waals surface area contributed by atoms with Crippen molar-refractivity contribution in [3.05, 3.63) is 30.6 Å². The second kappa shape index (κ2) is 4.90. The van der Waals surface area contributed by atoms with E-state index >= 15 is 0 Å². The van der Waals surface area contributed by atoms with Gasteiger partial charge >= 0.3 is 0 Å². The number of hydrogen-bond donors (Lipinski definition) is 2. The molecule has 1 aromatic heterocycles. The molecule has 5 nitrogen and oxygen atoms in total. The van der Waals surface area contributed by atoms with Crippen molar-refractivity contribution in [2.24, 2.45) is 5.73 Å². The van der Waals surface area contributed by atoms with Crippen molar-refractivity contribution in [1.82, 2.24) is 14.9 Å². The fourth-order valence-corrected chi connectivity index (χ4v) is 3.34. The standard InChI is InChI=1S/C15H20N4O/c1-2-18-15(14(16)20)8-7-11(9-15)19-10-17-12-5-3-4-6-13(12)19/h3-6,10-11,18H,2,7-9H2,1H3,(H2,16,20). The summed E-state index contributed by atoms with van der Waals surface area (Å²) in [6.07, 6.45) is 4.33. The van der Waals surface area contributed by atoms with E-state index in [0.717, 1.165) is 36.8 Å². The smallest absolute Gasteiger partial charge is 0.237 e. The number of nitrogens with one attached hydrogen (secondary N) is 1. The molecule has 106 valence electrons. The summed E-state index contributed by atoms with van der Waals surface area (Å²) < 4.78 is 2.18. The van der Waals surface area contributed by atoms with Gasteiger partial charge in [-0.25, -0.2) is 4.98 Å². The number of carbonyl (C=O) groups excluding carboxylic acids is 1. The van der Waals surface area contributed by atoms with E-state index in [2.05, 4.69) is 20.9 Å². The number of amides is 1. The lowest BCUT2D eigenvalue weighted by molar-refractivity contribution is -0.124. The minimum atomic E-state index is -0.565. The van der Waals surface area contributed by atoms with Gasteiger partial charge in [0.05, 0.1) is 22.9 Å². The minimum absolute atomic E-state index is 0.244. The van der Waals surface area contributed by atoms with Gasteiger partial charge in [0.15, 0.2) is 0 Å². The molecule has 20 heavy (non-hydrogen) atoms. The van der Waals surface area contributed by atoms with Crippen molar-refractivity contribution in [2.45, 2.75) is 37.8 Å². The molecule has 5 heteroatoms. The van der Waals surface area contributed by atoms with Crippen LogP contribution in [0.3, 0.4) is 0 Å². The Balaban J connectivity index is 1.92. The van der Waals surface area contributed by atoms with Crippen molar-refractivity contribution < 1.29 is 4.79 Å². The molecule has 1 amide bonds. The third kappa shape index (κ3) is 1.98. The zero-order valence-electron chi connectivity index (χ0n) is 11.7. The molecule has 3 rings (SSSR count). The van der Waals surface area contributed by atoms with Crippen LogP contribution in [0.25, 0.3) is 11.0 Å². The van der Waals surface area contributed by atoms with Crippen molar-refractivity contribution in [3.8, 4) is 0 Å². The number of likely N-dealkylation sites (N-methyl/N-ethyl adjacent to an activating group) is 1. The normalized spacial score (nSPS) is 26.1. The number of nitrogens with two attached hydrogens (primary N) is 1. The molecule has 3 N–H and O–H groups in total. The van der Waals surface area contributed by atoms with Gasteiger partial charge in [-0.15, -0.1) is 0 Å². The molecule has 1 aromatic carbocycles. The Morgan fingerprint density at radius 2 is 2.35 bits per heavy atom. The lowest BCUT2D eigenvalue weighted by atomic mass is 9.96. The molecule has 0 radical (unpaired) electrons. The molecule has 2 atom stereocenters. The third-order valence-electron chi connectivity index (χ3n) is 4.35. The first-order valence-electron chi connectivity index (χ1n) is 7.13. The van der Waals surface area contributed by atoms with E-state index < -0.39 is 5.54 Å². The number of rotatable bonds is 4. The molecular formula is C15H20N4O. The molecule has 0 aliphatic heterocycles. The maximum Gasteiger partial charge on any atom is 0.237 e. The quantitative estimate of drug-likeness (QED) is 0.887. The SMILES string of the molecule is CCNC1(C(N)=O)CCC(n2cnc3ccccc32)C1. The van der Waals surface area contributed by atoms with Gasteiger partial charge in [-0.3, -0.25) is 4.79 Å². The number of nitrogens with zero attached hydrogens (tertiary/aromatic N) is 2. The van der Waals surface area contributed by atoms with Crippen LogP contribution in [0.5, 0.6) is 0 Å². The van der Waals surface area contributed by atoms with E-state index in [-0.39, 0.29) is 11.9 Å². The Morgan fingerprint density at radius 3 is 3.10 bits per heavy atom. The third-order valence-corrected chi connectivity index (χ3v) is 4.35. The summed E-state index contributed by atoms with van der Waals surface area (Å²) in [6.45, 7) is 2.75. The van der Waals surface area contributed by atoms with Gasteiger partial charge in [0.25, 0.3) is 0 Å². The van der Waals surface area contributed by atoms with Gasteiger partial charge in [-0.05, 0) is 37.9 Å². The van der Waals surface area contributed by atoms with E-state index in [4.69, 9.17) is 5.73 Å². The van der Waals surface area contributed by atoms with Gasteiger partial charge in [0, 0.05) is 6.04 Å². The highest BCUT2D eigenvalue weighted by Gasteiger charge is 2.44. The number of para-hydroxylation sites is 2. The molecule has 1 saturated carbocycles. The van der Waals surface area contributed by atoms with E-state index in [1.54, 1.807) is 0 Å². The van der Waals surface area contributed by atoms with Gasteiger partial charge in [-0.2, -0.15) is 0 Å². The van der Waals surface area contributed by atoms with Crippen LogP contribution < -0.4 is 11.1 Å². The first-order chi connectivity index (χ1) is 9.66. The molecule has 2 unspecified atom stereocenters. The van der Waals surface area contributed by atoms with E-state index in [1.165, 1.54) is 0 Å². The summed E-state index contributed by atoms with van der Waals surface area (Å²) >= 11 is 0. The van der Waals surface area contributed by atoms with Crippen LogP contribution in [0.4, 0.5) is 0 Å². The highest BCUT2D eigenvalue weighted by atomic mass is 16.1. The summed E-state index contributed by atoms with van der Waals surface area (Å²) in [5, 5.41) is 3.29. The number of benzene rings is 1. The van der Waals surface area contributed by atoms with Gasteiger partial charge in [-0.1, -0.05) is 19.1 Å². The fourth-order valence-electron chi connectivity index (χ4n) is 3.34. The molecule has 1 fully saturated rings. The maximum atomic E-state index is 11.8. The molecule has 1 heterocycles. The topological polar surface area (TPSA) is 72.9 Å². The predicted octanol–water partition coefficient (Wildman–Crippen LogP) is 1.59. The highest BCUT2D eigenvalue weighted by molar-refractivity contribution is 5.85. The second-order valence-electron chi connectivity index (χ2n) is 5.51. The van der Waals surface area contributed by atoms with Gasteiger partial charge in [0.2, 0.25) is 5.91 Å². The number of imidazole rings is 1. The van der Waals surface area contributed by atoms with Crippen molar-refractivity contribution >= 4 is 16.9 Å². The summed E-state index contributed by atoms with van der Waals surface area (Å²) in [7, 11) is 0. The second-order valence-corrected chi connectivity index (χ2v) is 5.51. The van der Waals surface area contributed by atoms with E-state index in [1.807, 2.05) is 31.5 Å². The molecular weight excluding hydrogens is 252 g/mol. The highest BCUT2D eigenvalue weighted by Crippen LogP contribution is 2.39. The zero-order chi connectivity index (χ0) is 14.2. The van der Waals surface area contributed by atoms with Crippen molar-refractivity contribution in [3.63, 3.8) is 0 Å². The van der Waals surface area contributed by atoms with E-state index in [9.17, 15) is 4.79 Å². The first kappa shape index (κ1) is 13.1. The van der Waals surface area contributed by atoms with Crippen LogP contribution in [0.1, 0.15) is 32.2 Å². The number of carbonyl (C=O) groups is 1. The monoisotopic (exact) mass is 272 g/mol. The molecule has 0 spiro atoms. The molecule has 2 aromatic rings. The molecule has 0 bridgehead atoms. The zero-order valence-corrected chi connectivity index (χ0v) is 11.7. The van der Waals surface area contributed by atoms with Crippen molar-refractivity contribution in [2.75, 3.05) is 6.54 Å². The predicted molar refractivity (Wildman–Crippen MR) is 78.2 cm³/mol. The first-order valence-corrected chi connectivity index (χ1v) is 7.13. The number of primary amides is 1. The number of aromatic nitrogens is 2. The van der Waals surface area contributed by atoms with Crippen molar-refractivity contribution in [1.29, 1.82) is 0 Å². The minimum Gasteiger partial charge on any atom is -0.368 e. The summed E-state index contributed by atoms with van der Waals surface area (Å²) in [5.41, 5.74) is 7.17. The summed E-state index contributed by atoms with van der Waals surface area (Å²) in [4.78, 5) is 16.3. The van der Waals surface area contributed by atoms with Gasteiger partial charge < -0.3 is 15.6 Å². The lowest BCUT2D eigenvalue weighted by Crippen LogP contribution is -2.53. The van der Waals surface area contributed by atoms with Crippen LogP contribution in [0.2, 0.25) is 0 Å². The summed E-state index contributed by atoms with van der Waals surface area (Å²) in [5.74, 6) is -0.244. The van der Waals surface area contributed by atoms with Crippen LogP contribution >= 0.6 is 0 Å². The number of fused-ring (bicyclic) bond motifs is 1.